The van der Waals surface area contributed by atoms with Crippen molar-refractivity contribution in [2.75, 3.05) is 0 Å². The van der Waals surface area contributed by atoms with E-state index in [1.54, 1.807) is 20.8 Å². The Kier molecular flexibility index (Phi) is 3.33. The van der Waals surface area contributed by atoms with E-state index in [1.165, 1.54) is 6.92 Å². The van der Waals surface area contributed by atoms with Gasteiger partial charge in [0, 0.05) is 13.3 Å². The third-order valence-corrected chi connectivity index (χ3v) is 3.99. The van der Waals surface area contributed by atoms with Crippen molar-refractivity contribution in [1.82, 2.24) is 5.01 Å². The number of nitrogens with zero attached hydrogens (tertiary/aromatic N) is 4. The van der Waals surface area contributed by atoms with Gasteiger partial charge >= 0.3 is 12.1 Å². The molecule has 2 saturated heterocycles. The number of rotatable bonds is 1. The second-order valence-corrected chi connectivity index (χ2v) is 6.91. The number of fused-ring (bicyclic) bond motifs is 5. The van der Waals surface area contributed by atoms with Gasteiger partial charge in [-0.15, -0.1) is 0 Å². The Balaban J connectivity index is 1.85. The fraction of sp³-hybridized carbons (Fsp3) is 0.786. The third-order valence-electron chi connectivity index (χ3n) is 3.99. The van der Waals surface area contributed by atoms with Crippen LogP contribution in [-0.4, -0.2) is 52.6 Å². The number of hydrogen-bond acceptors (Lipinski definition) is 8. The number of amides is 1. The minimum Gasteiger partial charge on any atom is -0.442 e. The molecule has 3 heterocycles. The number of ether oxygens (including phenoxy) is 3. The van der Waals surface area contributed by atoms with Gasteiger partial charge in [-0.2, -0.15) is 15.4 Å². The molecule has 2 bridgehead atoms. The van der Waals surface area contributed by atoms with E-state index in [-0.39, 0.29) is 12.5 Å². The van der Waals surface area contributed by atoms with Crippen molar-refractivity contribution >= 4 is 12.1 Å². The molecule has 9 heteroatoms. The zero-order chi connectivity index (χ0) is 17.0. The second kappa shape index (κ2) is 4.89. The number of esters is 1. The summed E-state index contributed by atoms with van der Waals surface area (Å²) in [5.74, 6) is -0.574. The Labute approximate surface area is 133 Å². The van der Waals surface area contributed by atoms with Crippen LogP contribution in [-0.2, 0) is 19.0 Å². The van der Waals surface area contributed by atoms with E-state index >= 15 is 0 Å². The van der Waals surface area contributed by atoms with E-state index < -0.39 is 41.5 Å². The largest absolute Gasteiger partial charge is 0.442 e. The maximum Gasteiger partial charge on any atom is 0.432 e. The summed E-state index contributed by atoms with van der Waals surface area (Å²) >= 11 is 0. The highest BCUT2D eigenvalue weighted by atomic mass is 16.6. The molecule has 3 rings (SSSR count). The molecular formula is C14H18N4O5. The maximum atomic E-state index is 12.3. The third kappa shape index (κ3) is 2.43. The lowest BCUT2D eigenvalue weighted by atomic mass is 9.79. The van der Waals surface area contributed by atoms with E-state index in [9.17, 15) is 14.9 Å². The first-order valence-electron chi connectivity index (χ1n) is 7.36. The van der Waals surface area contributed by atoms with Crippen LogP contribution in [0.2, 0.25) is 0 Å². The summed E-state index contributed by atoms with van der Waals surface area (Å²) in [5, 5.41) is 18.6. The van der Waals surface area contributed by atoms with Gasteiger partial charge in [-0.3, -0.25) is 4.79 Å². The summed E-state index contributed by atoms with van der Waals surface area (Å²) in [6.45, 7) is 6.46. The average Bonchev–Trinajstić information content (AvgIpc) is 3.04. The Morgan fingerprint density at radius 2 is 2.13 bits per heavy atom. The number of carbonyl (C=O) groups is 2. The average molecular weight is 322 g/mol. The first kappa shape index (κ1) is 15.7. The summed E-state index contributed by atoms with van der Waals surface area (Å²) < 4.78 is 16.3. The molecule has 1 amide bonds. The summed E-state index contributed by atoms with van der Waals surface area (Å²) in [6.07, 6.45) is -1.66. The molecule has 0 aromatic rings. The lowest BCUT2D eigenvalue weighted by Gasteiger charge is -2.35. The van der Waals surface area contributed by atoms with Crippen molar-refractivity contribution in [2.24, 2.45) is 10.3 Å². The topological polar surface area (TPSA) is 114 Å². The molecule has 23 heavy (non-hydrogen) atoms. The van der Waals surface area contributed by atoms with Crippen LogP contribution in [0, 0.1) is 11.3 Å². The molecule has 0 aliphatic carbocycles. The fourth-order valence-corrected chi connectivity index (χ4v) is 3.26. The molecule has 0 radical (unpaired) electrons. The Morgan fingerprint density at radius 1 is 1.43 bits per heavy atom. The lowest BCUT2D eigenvalue weighted by Crippen LogP contribution is -2.58. The molecule has 0 aromatic heterocycles. The second-order valence-electron chi connectivity index (χ2n) is 6.91. The molecule has 0 saturated carbocycles. The number of hydrogen-bond donors (Lipinski definition) is 0. The fourth-order valence-electron chi connectivity index (χ4n) is 3.26. The molecule has 0 unspecified atom stereocenters. The van der Waals surface area contributed by atoms with E-state index in [2.05, 4.69) is 10.3 Å². The zero-order valence-electron chi connectivity index (χ0n) is 13.3. The van der Waals surface area contributed by atoms with Gasteiger partial charge < -0.3 is 14.2 Å². The number of carbonyl (C=O) groups excluding carboxylic acids is 2. The van der Waals surface area contributed by atoms with E-state index in [0.717, 1.165) is 5.01 Å². The van der Waals surface area contributed by atoms with E-state index in [1.807, 2.05) is 6.07 Å². The van der Waals surface area contributed by atoms with Gasteiger partial charge in [0.2, 0.25) is 5.60 Å². The molecule has 2 fully saturated rings. The van der Waals surface area contributed by atoms with Crippen molar-refractivity contribution in [1.29, 1.82) is 5.26 Å². The first-order valence-corrected chi connectivity index (χ1v) is 7.36. The molecule has 3 aliphatic rings. The van der Waals surface area contributed by atoms with Gasteiger partial charge in [0.25, 0.3) is 0 Å². The minimum atomic E-state index is -1.42. The van der Waals surface area contributed by atoms with Gasteiger partial charge in [-0.05, 0) is 20.8 Å². The highest BCUT2D eigenvalue weighted by molar-refractivity contribution is 5.69. The van der Waals surface area contributed by atoms with Gasteiger partial charge in [0.05, 0.1) is 6.10 Å². The summed E-state index contributed by atoms with van der Waals surface area (Å²) in [7, 11) is 0. The molecule has 0 N–H and O–H groups in total. The van der Waals surface area contributed by atoms with Crippen LogP contribution in [0.15, 0.2) is 10.3 Å². The predicted molar refractivity (Wildman–Crippen MR) is 73.9 cm³/mol. The van der Waals surface area contributed by atoms with Gasteiger partial charge in [0.15, 0.2) is 0 Å². The first-order chi connectivity index (χ1) is 10.7. The van der Waals surface area contributed by atoms with Crippen LogP contribution in [0.5, 0.6) is 0 Å². The molecule has 9 nitrogen and oxygen atoms in total. The van der Waals surface area contributed by atoms with Crippen molar-refractivity contribution < 1.29 is 23.8 Å². The summed E-state index contributed by atoms with van der Waals surface area (Å²) in [4.78, 5) is 23.7. The van der Waals surface area contributed by atoms with Crippen molar-refractivity contribution in [3.05, 3.63) is 0 Å². The quantitative estimate of drug-likeness (QED) is 0.673. The number of nitriles is 1. The minimum absolute atomic E-state index is 0.218. The zero-order valence-corrected chi connectivity index (χ0v) is 13.3. The van der Waals surface area contributed by atoms with Crippen LogP contribution >= 0.6 is 0 Å². The Bertz CT molecular complexity index is 622. The Hall–Kier alpha value is -2.21. The van der Waals surface area contributed by atoms with Crippen molar-refractivity contribution in [3.8, 4) is 6.07 Å². The molecule has 3 aliphatic heterocycles. The van der Waals surface area contributed by atoms with Crippen LogP contribution in [0.4, 0.5) is 4.79 Å². The molecule has 124 valence electrons. The van der Waals surface area contributed by atoms with Crippen LogP contribution in [0.1, 0.15) is 34.1 Å². The SMILES string of the molecule is CC(=O)O[C@]1(C#N)C[C@H]2O[C@H]1[C@@H]1[C@@H]2N=NN1C(=O)OC(C)(C)C. The Morgan fingerprint density at radius 3 is 2.70 bits per heavy atom. The summed E-state index contributed by atoms with van der Waals surface area (Å²) in [5.41, 5.74) is -2.11. The summed E-state index contributed by atoms with van der Waals surface area (Å²) in [6, 6.07) is 1.05. The smallest absolute Gasteiger partial charge is 0.432 e. The highest BCUT2D eigenvalue weighted by Crippen LogP contribution is 2.49. The predicted octanol–water partition coefficient (Wildman–Crippen LogP) is 1.34. The van der Waals surface area contributed by atoms with E-state index in [4.69, 9.17) is 14.2 Å². The highest BCUT2D eigenvalue weighted by Gasteiger charge is 2.69. The van der Waals surface area contributed by atoms with Gasteiger partial charge in [0.1, 0.15) is 29.9 Å². The molecule has 0 aromatic carbocycles. The monoisotopic (exact) mass is 322 g/mol. The van der Waals surface area contributed by atoms with Gasteiger partial charge in [-0.25, -0.2) is 4.79 Å². The van der Waals surface area contributed by atoms with Crippen molar-refractivity contribution in [2.45, 2.75) is 69.6 Å². The lowest BCUT2D eigenvalue weighted by molar-refractivity contribution is -0.157. The van der Waals surface area contributed by atoms with Gasteiger partial charge in [-0.1, -0.05) is 5.22 Å². The molecule has 0 spiro atoms. The maximum absolute atomic E-state index is 12.3. The van der Waals surface area contributed by atoms with Crippen molar-refractivity contribution in [3.63, 3.8) is 0 Å². The molecular weight excluding hydrogens is 304 g/mol. The standard InChI is InChI=1S/C14H18N4O5/c1-7(19)22-14(6-15)5-8-9-10(11(14)21-8)18(17-16-9)12(20)23-13(2,3)4/h8-11H,5H2,1-4H3/t8-,9-,10+,11+,14+/m1/s1. The van der Waals surface area contributed by atoms with Crippen LogP contribution in [0.3, 0.4) is 0 Å². The normalized spacial score (nSPS) is 37.4. The molecule has 5 atom stereocenters. The van der Waals surface area contributed by atoms with E-state index in [0.29, 0.717) is 0 Å². The van der Waals surface area contributed by atoms with Crippen LogP contribution in [0.25, 0.3) is 0 Å². The van der Waals surface area contributed by atoms with Crippen LogP contribution < -0.4 is 0 Å².